The van der Waals surface area contributed by atoms with Crippen LogP contribution in [0.3, 0.4) is 0 Å². The quantitative estimate of drug-likeness (QED) is 0.154. The van der Waals surface area contributed by atoms with Crippen LogP contribution in [0.2, 0.25) is 0 Å². The molecule has 54 heavy (non-hydrogen) atoms. The Bertz CT molecular complexity index is 2980. The fraction of sp³-hybridized carbons (Fsp3) is 0.0385. The Morgan fingerprint density at radius 2 is 0.833 bits per heavy atom. The molecule has 0 bridgehead atoms. The van der Waals surface area contributed by atoms with Crippen molar-refractivity contribution in [3.05, 3.63) is 204 Å². The van der Waals surface area contributed by atoms with Gasteiger partial charge in [0.05, 0.1) is 22.1 Å². The van der Waals surface area contributed by atoms with Gasteiger partial charge in [-0.1, -0.05) is 140 Å². The molecule has 0 unspecified atom stereocenters. The first-order chi connectivity index (χ1) is 26.6. The second-order valence-electron chi connectivity index (χ2n) is 14.3. The number of hydrogen-bond acceptors (Lipinski definition) is 0. The van der Waals surface area contributed by atoms with Crippen LogP contribution in [0.4, 0.5) is 0 Å². The van der Waals surface area contributed by atoms with Crippen molar-refractivity contribution in [3.8, 4) is 33.6 Å². The molecule has 0 radical (unpaired) electrons. The predicted molar refractivity (Wildman–Crippen MR) is 231 cm³/mol. The minimum Gasteiger partial charge on any atom is -0.309 e. The predicted octanol–water partition coefficient (Wildman–Crippen LogP) is 14.0. The molecule has 2 heterocycles. The van der Waals surface area contributed by atoms with E-state index < -0.39 is 0 Å². The van der Waals surface area contributed by atoms with Crippen molar-refractivity contribution in [2.75, 3.05) is 0 Å². The van der Waals surface area contributed by atoms with Crippen molar-refractivity contribution in [2.24, 2.45) is 0 Å². The van der Waals surface area contributed by atoms with Gasteiger partial charge in [-0.3, -0.25) is 0 Å². The van der Waals surface area contributed by atoms with E-state index in [4.69, 9.17) is 0 Å². The SMILES string of the molecule is Cc1cc(-n2c3ccccc3c3ccccc32)c(C)cc1-c1ccc(/C=C/c2ccc(-c3ccc4c(c3)c3ccccc3n4-c3ccccc3)cc2)cc1. The van der Waals surface area contributed by atoms with Gasteiger partial charge in [0.25, 0.3) is 0 Å². The van der Waals surface area contributed by atoms with Crippen molar-refractivity contribution in [1.29, 1.82) is 0 Å². The van der Waals surface area contributed by atoms with Gasteiger partial charge in [-0.25, -0.2) is 0 Å². The number of benzene rings is 8. The first-order valence-corrected chi connectivity index (χ1v) is 18.7. The van der Waals surface area contributed by atoms with E-state index >= 15 is 0 Å². The monoisotopic (exact) mass is 690 g/mol. The maximum absolute atomic E-state index is 2.42. The van der Waals surface area contributed by atoms with Crippen LogP contribution in [-0.2, 0) is 0 Å². The van der Waals surface area contributed by atoms with E-state index in [9.17, 15) is 0 Å². The fourth-order valence-electron chi connectivity index (χ4n) is 8.30. The summed E-state index contributed by atoms with van der Waals surface area (Å²) in [7, 11) is 0. The molecule has 0 atom stereocenters. The largest absolute Gasteiger partial charge is 0.309 e. The van der Waals surface area contributed by atoms with Crippen molar-refractivity contribution >= 4 is 55.8 Å². The van der Waals surface area contributed by atoms with Gasteiger partial charge in [0.2, 0.25) is 0 Å². The molecule has 0 aliphatic heterocycles. The third-order valence-electron chi connectivity index (χ3n) is 11.0. The Labute approximate surface area is 315 Å². The highest BCUT2D eigenvalue weighted by molar-refractivity contribution is 6.11. The van der Waals surface area contributed by atoms with E-state index in [1.54, 1.807) is 0 Å². The zero-order valence-corrected chi connectivity index (χ0v) is 30.4. The van der Waals surface area contributed by atoms with Crippen molar-refractivity contribution in [1.82, 2.24) is 9.13 Å². The summed E-state index contributed by atoms with van der Waals surface area (Å²) in [4.78, 5) is 0. The van der Waals surface area contributed by atoms with E-state index in [1.807, 2.05) is 0 Å². The lowest BCUT2D eigenvalue weighted by molar-refractivity contribution is 1.14. The van der Waals surface area contributed by atoms with Gasteiger partial charge in [0.1, 0.15) is 0 Å². The standard InChI is InChI=1S/C52H38N2/c1-35-33-52(54-49-18-10-6-14-43(49)44-15-7-11-19-50(44)54)36(2)32-46(35)40-28-24-38(25-29-40)21-20-37-22-26-39(27-23-37)41-30-31-51-47(34-41)45-16-8-9-17-48(45)53(51)42-12-4-3-5-13-42/h3-34H,1-2H3/b21-20+. The fourth-order valence-corrected chi connectivity index (χ4v) is 8.30. The van der Waals surface area contributed by atoms with Crippen LogP contribution >= 0.6 is 0 Å². The lowest BCUT2D eigenvalue weighted by Gasteiger charge is -2.16. The van der Waals surface area contributed by atoms with Crippen LogP contribution in [0.5, 0.6) is 0 Å². The maximum atomic E-state index is 2.42. The summed E-state index contributed by atoms with van der Waals surface area (Å²) < 4.78 is 4.78. The molecule has 0 aliphatic carbocycles. The number of rotatable bonds is 6. The highest BCUT2D eigenvalue weighted by Gasteiger charge is 2.16. The van der Waals surface area contributed by atoms with E-state index in [2.05, 4.69) is 217 Å². The van der Waals surface area contributed by atoms with E-state index in [-0.39, 0.29) is 0 Å². The number of fused-ring (bicyclic) bond motifs is 6. The Hall–Kier alpha value is -6.90. The van der Waals surface area contributed by atoms with Gasteiger partial charge in [-0.05, 0) is 113 Å². The Balaban J connectivity index is 0.898. The van der Waals surface area contributed by atoms with Crippen molar-refractivity contribution < 1.29 is 0 Å². The number of aromatic nitrogens is 2. The smallest absolute Gasteiger partial charge is 0.0541 e. The molecule has 2 nitrogen and oxygen atoms in total. The average Bonchev–Trinajstić information content (AvgIpc) is 3.74. The third-order valence-corrected chi connectivity index (χ3v) is 11.0. The Morgan fingerprint density at radius 3 is 1.44 bits per heavy atom. The Kier molecular flexibility index (Phi) is 7.63. The first-order valence-electron chi connectivity index (χ1n) is 18.7. The summed E-state index contributed by atoms with van der Waals surface area (Å²) >= 11 is 0. The van der Waals surface area contributed by atoms with Crippen LogP contribution in [-0.4, -0.2) is 9.13 Å². The molecule has 10 rings (SSSR count). The first kappa shape index (κ1) is 31.8. The number of para-hydroxylation sites is 4. The summed E-state index contributed by atoms with van der Waals surface area (Å²) in [5.41, 5.74) is 17.2. The summed E-state index contributed by atoms with van der Waals surface area (Å²) in [6.07, 6.45) is 4.40. The van der Waals surface area contributed by atoms with Crippen LogP contribution in [0, 0.1) is 13.8 Å². The second kappa shape index (κ2) is 12.9. The Morgan fingerprint density at radius 1 is 0.352 bits per heavy atom. The van der Waals surface area contributed by atoms with Gasteiger partial charge in [0.15, 0.2) is 0 Å². The average molecular weight is 691 g/mol. The van der Waals surface area contributed by atoms with Gasteiger partial charge >= 0.3 is 0 Å². The van der Waals surface area contributed by atoms with Gasteiger partial charge in [-0.15, -0.1) is 0 Å². The minimum absolute atomic E-state index is 1.18. The maximum Gasteiger partial charge on any atom is 0.0541 e. The van der Waals surface area contributed by atoms with Crippen LogP contribution in [0.15, 0.2) is 182 Å². The molecule has 0 aliphatic rings. The summed E-state index contributed by atoms with van der Waals surface area (Å²) in [6, 6.07) is 66.1. The molecule has 0 saturated carbocycles. The molecule has 0 N–H and O–H groups in total. The molecule has 2 heteroatoms. The summed E-state index contributed by atoms with van der Waals surface area (Å²) in [6.45, 7) is 4.46. The molecule has 256 valence electrons. The number of hydrogen-bond donors (Lipinski definition) is 0. The lowest BCUT2D eigenvalue weighted by Crippen LogP contribution is -1.99. The lowest BCUT2D eigenvalue weighted by atomic mass is 9.96. The van der Waals surface area contributed by atoms with Crippen LogP contribution in [0.1, 0.15) is 22.3 Å². The van der Waals surface area contributed by atoms with Crippen molar-refractivity contribution in [3.63, 3.8) is 0 Å². The minimum atomic E-state index is 1.18. The van der Waals surface area contributed by atoms with Gasteiger partial charge in [-0.2, -0.15) is 0 Å². The molecular formula is C52H38N2. The molecular weight excluding hydrogens is 653 g/mol. The third kappa shape index (κ3) is 5.35. The van der Waals surface area contributed by atoms with E-state index in [0.717, 1.165) is 0 Å². The molecule has 0 fully saturated rings. The number of aryl methyl sites for hydroxylation is 2. The van der Waals surface area contributed by atoms with Gasteiger partial charge < -0.3 is 9.13 Å². The molecule has 8 aromatic carbocycles. The van der Waals surface area contributed by atoms with Crippen molar-refractivity contribution in [2.45, 2.75) is 13.8 Å². The van der Waals surface area contributed by atoms with E-state index in [0.29, 0.717) is 0 Å². The van der Waals surface area contributed by atoms with Crippen LogP contribution in [0.25, 0.3) is 89.4 Å². The molecule has 0 amide bonds. The molecule has 2 aromatic heterocycles. The summed E-state index contributed by atoms with van der Waals surface area (Å²) in [5.74, 6) is 0. The zero-order chi connectivity index (χ0) is 36.2. The molecule has 0 spiro atoms. The molecule has 0 saturated heterocycles. The van der Waals surface area contributed by atoms with Crippen LogP contribution < -0.4 is 0 Å². The van der Waals surface area contributed by atoms with E-state index in [1.165, 1.54) is 99.5 Å². The number of nitrogens with zero attached hydrogens (tertiary/aromatic N) is 2. The summed E-state index contributed by atoms with van der Waals surface area (Å²) in [5, 5.41) is 5.11. The highest BCUT2D eigenvalue weighted by Crippen LogP contribution is 2.37. The van der Waals surface area contributed by atoms with Gasteiger partial charge in [0, 0.05) is 32.9 Å². The topological polar surface area (TPSA) is 9.86 Å². The molecule has 10 aromatic rings. The zero-order valence-electron chi connectivity index (χ0n) is 30.4. The highest BCUT2D eigenvalue weighted by atomic mass is 15.0. The normalized spacial score (nSPS) is 11.8. The second-order valence-corrected chi connectivity index (χ2v) is 14.3.